The first kappa shape index (κ1) is 11.5. The lowest BCUT2D eigenvalue weighted by Gasteiger charge is -2.01. The maximum Gasteiger partial charge on any atom is 0.191 e. The number of ketones is 1. The van der Waals surface area contributed by atoms with Crippen molar-refractivity contribution in [3.05, 3.63) is 59.5 Å². The first-order chi connectivity index (χ1) is 7.15. The molecule has 0 aliphatic rings. The zero-order chi connectivity index (χ0) is 11.3. The molecule has 0 saturated carbocycles. The van der Waals surface area contributed by atoms with Crippen LogP contribution in [0.1, 0.15) is 17.3 Å². The summed E-state index contributed by atoms with van der Waals surface area (Å²) in [4.78, 5) is 11.8. The van der Waals surface area contributed by atoms with Gasteiger partial charge in [-0.05, 0) is 19.1 Å². The van der Waals surface area contributed by atoms with E-state index < -0.39 is 0 Å². The molecular weight excluding hydrogens is 212 g/mol. The predicted molar refractivity (Wildman–Crippen MR) is 60.8 cm³/mol. The molecule has 15 heavy (non-hydrogen) atoms. The van der Waals surface area contributed by atoms with E-state index in [0.29, 0.717) is 16.2 Å². The Kier molecular flexibility index (Phi) is 4.13. The van der Waals surface area contributed by atoms with Crippen LogP contribution in [0.25, 0.3) is 0 Å². The van der Waals surface area contributed by atoms with Gasteiger partial charge in [0.15, 0.2) is 5.78 Å². The van der Waals surface area contributed by atoms with Crippen molar-refractivity contribution in [2.75, 3.05) is 0 Å². The molecule has 0 saturated heterocycles. The average Bonchev–Trinajstić information content (AvgIpc) is 2.24. The van der Waals surface area contributed by atoms with Gasteiger partial charge in [-0.15, -0.1) is 0 Å². The van der Waals surface area contributed by atoms with E-state index in [2.05, 4.69) is 6.58 Å². The van der Waals surface area contributed by atoms with E-state index >= 15 is 0 Å². The van der Waals surface area contributed by atoms with Crippen molar-refractivity contribution in [1.82, 2.24) is 0 Å². The summed E-state index contributed by atoms with van der Waals surface area (Å²) in [5, 5.41) is 0.540. The molecule has 0 aromatic heterocycles. The van der Waals surface area contributed by atoms with Gasteiger partial charge in [-0.3, -0.25) is 4.79 Å². The molecule has 0 atom stereocenters. The Morgan fingerprint density at radius 3 is 2.87 bits per heavy atom. The Balaban J connectivity index is 2.89. The van der Waals surface area contributed by atoms with Crippen LogP contribution in [0.3, 0.4) is 0 Å². The third-order valence-electron chi connectivity index (χ3n) is 1.79. The van der Waals surface area contributed by atoms with E-state index in [4.69, 9.17) is 16.3 Å². The van der Waals surface area contributed by atoms with Gasteiger partial charge in [-0.25, -0.2) is 0 Å². The summed E-state index contributed by atoms with van der Waals surface area (Å²) < 4.78 is 4.82. The molecule has 0 radical (unpaired) electrons. The zero-order valence-electron chi connectivity index (χ0n) is 8.37. The highest BCUT2D eigenvalue weighted by atomic mass is 35.5. The van der Waals surface area contributed by atoms with Crippen molar-refractivity contribution >= 4 is 17.4 Å². The van der Waals surface area contributed by atoms with Gasteiger partial charge in [0, 0.05) is 16.2 Å². The van der Waals surface area contributed by atoms with Crippen molar-refractivity contribution in [3.63, 3.8) is 0 Å². The van der Waals surface area contributed by atoms with Crippen LogP contribution in [0.5, 0.6) is 0 Å². The van der Waals surface area contributed by atoms with E-state index in [9.17, 15) is 4.79 Å². The van der Waals surface area contributed by atoms with Crippen molar-refractivity contribution < 1.29 is 9.53 Å². The number of Topliss-reactive ketones (excluding diaryl/α,β-unsaturated/α-hetero) is 1. The molecule has 2 nitrogen and oxygen atoms in total. The summed E-state index contributed by atoms with van der Waals surface area (Å²) in [6.45, 7) is 5.05. The van der Waals surface area contributed by atoms with E-state index in [1.807, 2.05) is 0 Å². The molecule has 78 valence electrons. The largest absolute Gasteiger partial charge is 0.473 e. The molecule has 0 unspecified atom stereocenters. The number of allylic oxidation sites excluding steroid dienone is 1. The average molecular weight is 223 g/mol. The van der Waals surface area contributed by atoms with Gasteiger partial charge in [0.05, 0.1) is 12.5 Å². The van der Waals surface area contributed by atoms with Gasteiger partial charge in [0.25, 0.3) is 0 Å². The highest BCUT2D eigenvalue weighted by Gasteiger charge is 2.08. The molecule has 0 heterocycles. The maximum absolute atomic E-state index is 11.8. The Hall–Kier alpha value is -1.54. The number of carbonyl (C=O) groups is 1. The second-order valence-corrected chi connectivity index (χ2v) is 3.38. The second-order valence-electron chi connectivity index (χ2n) is 2.94. The Morgan fingerprint density at radius 2 is 2.27 bits per heavy atom. The van der Waals surface area contributed by atoms with Crippen LogP contribution < -0.4 is 0 Å². The van der Waals surface area contributed by atoms with E-state index in [1.54, 1.807) is 31.2 Å². The normalized spacial score (nSPS) is 10.9. The van der Waals surface area contributed by atoms with Gasteiger partial charge in [0.2, 0.25) is 0 Å². The minimum absolute atomic E-state index is 0.112. The highest BCUT2D eigenvalue weighted by molar-refractivity contribution is 6.31. The zero-order valence-corrected chi connectivity index (χ0v) is 9.12. The molecule has 1 aromatic rings. The number of hydrogen-bond donors (Lipinski definition) is 0. The molecule has 0 spiro atoms. The third kappa shape index (κ3) is 3.26. The Labute approximate surface area is 93.8 Å². The summed E-state index contributed by atoms with van der Waals surface area (Å²) in [6, 6.07) is 6.78. The molecule has 0 amide bonds. The van der Waals surface area contributed by atoms with Crippen molar-refractivity contribution in [3.8, 4) is 0 Å². The molecule has 0 N–H and O–H groups in total. The molecule has 1 aromatic carbocycles. The lowest BCUT2D eigenvalue weighted by Crippen LogP contribution is -2.00. The van der Waals surface area contributed by atoms with Crippen LogP contribution in [-0.4, -0.2) is 5.78 Å². The summed E-state index contributed by atoms with van der Waals surface area (Å²) in [5.41, 5.74) is 1.04. The van der Waals surface area contributed by atoms with Crippen LogP contribution >= 0.6 is 11.6 Å². The van der Waals surface area contributed by atoms with Gasteiger partial charge in [-0.1, -0.05) is 30.3 Å². The SMILES string of the molecule is C=CO/C=C(\C)C(=O)c1cccc(Cl)c1. The first-order valence-corrected chi connectivity index (χ1v) is 4.76. The Morgan fingerprint density at radius 1 is 1.53 bits per heavy atom. The van der Waals surface area contributed by atoms with E-state index in [1.165, 1.54) is 12.5 Å². The fraction of sp³-hybridized carbons (Fsp3) is 0.0833. The third-order valence-corrected chi connectivity index (χ3v) is 2.02. The molecule has 0 bridgehead atoms. The summed E-state index contributed by atoms with van der Waals surface area (Å²) >= 11 is 5.78. The van der Waals surface area contributed by atoms with Gasteiger partial charge in [-0.2, -0.15) is 0 Å². The topological polar surface area (TPSA) is 26.3 Å². The van der Waals surface area contributed by atoms with Crippen molar-refractivity contribution in [1.29, 1.82) is 0 Å². The number of carbonyl (C=O) groups excluding carboxylic acids is 1. The quantitative estimate of drug-likeness (QED) is 0.442. The number of benzene rings is 1. The van der Waals surface area contributed by atoms with Crippen molar-refractivity contribution in [2.45, 2.75) is 6.92 Å². The number of hydrogen-bond acceptors (Lipinski definition) is 2. The van der Waals surface area contributed by atoms with Crippen molar-refractivity contribution in [2.24, 2.45) is 0 Å². The van der Waals surface area contributed by atoms with Crippen LogP contribution in [0, 0.1) is 0 Å². The Bertz CT molecular complexity index is 408. The molecular formula is C12H11ClO2. The van der Waals surface area contributed by atoms with Gasteiger partial charge < -0.3 is 4.74 Å². The van der Waals surface area contributed by atoms with Crippen LogP contribution in [-0.2, 0) is 4.74 Å². The fourth-order valence-electron chi connectivity index (χ4n) is 1.06. The van der Waals surface area contributed by atoms with E-state index in [-0.39, 0.29) is 5.78 Å². The lowest BCUT2D eigenvalue weighted by atomic mass is 10.1. The second kappa shape index (κ2) is 5.37. The van der Waals surface area contributed by atoms with Crippen LogP contribution in [0.2, 0.25) is 5.02 Å². The monoisotopic (exact) mass is 222 g/mol. The fourth-order valence-corrected chi connectivity index (χ4v) is 1.25. The molecule has 0 aliphatic carbocycles. The summed E-state index contributed by atoms with van der Waals surface area (Å²) in [7, 11) is 0. The van der Waals surface area contributed by atoms with Crippen LogP contribution in [0.4, 0.5) is 0 Å². The minimum atomic E-state index is -0.112. The molecule has 1 rings (SSSR count). The molecule has 0 aliphatic heterocycles. The van der Waals surface area contributed by atoms with Gasteiger partial charge in [0.1, 0.15) is 0 Å². The first-order valence-electron chi connectivity index (χ1n) is 4.38. The number of halogens is 1. The van der Waals surface area contributed by atoms with E-state index in [0.717, 1.165) is 0 Å². The summed E-state index contributed by atoms with van der Waals surface area (Å²) in [5.74, 6) is -0.112. The number of rotatable bonds is 4. The minimum Gasteiger partial charge on any atom is -0.473 e. The number of ether oxygens (including phenoxy) is 1. The predicted octanol–water partition coefficient (Wildman–Crippen LogP) is 3.59. The maximum atomic E-state index is 11.8. The molecule has 0 fully saturated rings. The highest BCUT2D eigenvalue weighted by Crippen LogP contribution is 2.14. The van der Waals surface area contributed by atoms with Gasteiger partial charge >= 0.3 is 0 Å². The van der Waals surface area contributed by atoms with Crippen LogP contribution in [0.15, 0.2) is 48.9 Å². The standard InChI is InChI=1S/C12H11ClO2/c1-3-15-8-9(2)12(14)10-5-4-6-11(13)7-10/h3-8H,1H2,2H3/b9-8+. The smallest absolute Gasteiger partial charge is 0.191 e. The molecule has 3 heteroatoms. The lowest BCUT2D eigenvalue weighted by molar-refractivity contribution is 0.103. The summed E-state index contributed by atoms with van der Waals surface area (Å²) in [6.07, 6.45) is 2.62.